The lowest BCUT2D eigenvalue weighted by Crippen LogP contribution is -2.46. The summed E-state index contributed by atoms with van der Waals surface area (Å²) in [7, 11) is 5.23. The van der Waals surface area contributed by atoms with E-state index in [4.69, 9.17) is 16.3 Å². The van der Waals surface area contributed by atoms with Crippen molar-refractivity contribution in [2.24, 2.45) is 5.92 Å². The van der Waals surface area contributed by atoms with E-state index in [-0.39, 0.29) is 10.6 Å². The van der Waals surface area contributed by atoms with Gasteiger partial charge in [-0.15, -0.1) is 0 Å². The first-order valence-corrected chi connectivity index (χ1v) is 11.8. The first-order valence-electron chi connectivity index (χ1n) is 11.4. The molecule has 2 atom stereocenters. The molecule has 1 saturated carbocycles. The van der Waals surface area contributed by atoms with Crippen molar-refractivity contribution in [3.63, 3.8) is 0 Å². The Hall–Kier alpha value is -1.82. The van der Waals surface area contributed by atoms with Crippen LogP contribution in [0.25, 0.3) is 5.70 Å². The number of halogens is 1. The Bertz CT molecular complexity index is 845. The summed E-state index contributed by atoms with van der Waals surface area (Å²) >= 11 is 6.32. The van der Waals surface area contributed by atoms with Crippen molar-refractivity contribution in [3.05, 3.63) is 52.7 Å². The maximum atomic E-state index is 12.1. The van der Waals surface area contributed by atoms with E-state index < -0.39 is 0 Å². The Labute approximate surface area is 192 Å². The first kappa shape index (κ1) is 23.8. The number of benzene rings is 1. The molecule has 6 heteroatoms. The zero-order chi connectivity index (χ0) is 22.6. The molecule has 1 aromatic rings. The number of allylic oxidation sites excluding steroid dienone is 1. The highest BCUT2D eigenvalue weighted by Crippen LogP contribution is 2.35. The summed E-state index contributed by atoms with van der Waals surface area (Å²) in [6, 6.07) is 9.08. The monoisotopic (exact) mass is 446 g/mol. The molecule has 0 saturated heterocycles. The Kier molecular flexibility index (Phi) is 7.84. The molecule has 2 unspecified atom stereocenters. The average Bonchev–Trinajstić information content (AvgIpc) is 3.56. The van der Waals surface area contributed by atoms with E-state index in [1.54, 1.807) is 0 Å². The summed E-state index contributed by atoms with van der Waals surface area (Å²) in [5.74, 6) is 0.397. The van der Waals surface area contributed by atoms with Crippen LogP contribution in [0.1, 0.15) is 45.1 Å². The zero-order valence-corrected chi connectivity index (χ0v) is 20.3. The fourth-order valence-corrected chi connectivity index (χ4v) is 4.47. The highest BCUT2D eigenvalue weighted by Gasteiger charge is 2.31. The van der Waals surface area contributed by atoms with Gasteiger partial charge in [-0.1, -0.05) is 36.7 Å². The van der Waals surface area contributed by atoms with Crippen LogP contribution >= 0.6 is 11.6 Å². The van der Waals surface area contributed by atoms with Gasteiger partial charge < -0.3 is 15.0 Å². The Morgan fingerprint density at radius 1 is 1.35 bits per heavy atom. The van der Waals surface area contributed by atoms with Crippen LogP contribution < -0.4 is 5.32 Å². The van der Waals surface area contributed by atoms with E-state index in [0.29, 0.717) is 24.5 Å². The third kappa shape index (κ3) is 6.12. The van der Waals surface area contributed by atoms with E-state index >= 15 is 0 Å². The van der Waals surface area contributed by atoms with Crippen LogP contribution in [-0.2, 0) is 4.74 Å². The number of methoxy groups -OCH3 is 1. The lowest BCUT2D eigenvalue weighted by atomic mass is 9.87. The molecule has 1 N–H and O–H groups in total. The highest BCUT2D eigenvalue weighted by molar-refractivity contribution is 6.30. The van der Waals surface area contributed by atoms with Gasteiger partial charge >= 0.3 is 6.09 Å². The summed E-state index contributed by atoms with van der Waals surface area (Å²) in [6.45, 7) is 6.07. The number of amides is 1. The Morgan fingerprint density at radius 3 is 2.71 bits per heavy atom. The molecule has 31 heavy (non-hydrogen) atoms. The largest absolute Gasteiger partial charge is 0.515 e. The maximum Gasteiger partial charge on any atom is 0.515 e. The number of nitrogens with one attached hydrogen (secondary N) is 1. The molecule has 1 fully saturated rings. The Balaban J connectivity index is 1.83. The highest BCUT2D eigenvalue weighted by atomic mass is 35.5. The third-order valence-corrected chi connectivity index (χ3v) is 6.54. The van der Waals surface area contributed by atoms with Crippen LogP contribution in [0.2, 0.25) is 5.02 Å². The molecule has 0 bridgehead atoms. The molecule has 3 rings (SSSR count). The molecule has 0 spiro atoms. The van der Waals surface area contributed by atoms with Crippen molar-refractivity contribution >= 4 is 23.4 Å². The van der Waals surface area contributed by atoms with Gasteiger partial charge in [0.15, 0.2) is 0 Å². The van der Waals surface area contributed by atoms with Crippen molar-refractivity contribution < 1.29 is 14.0 Å². The summed E-state index contributed by atoms with van der Waals surface area (Å²) < 4.78 is 5.17. The summed E-state index contributed by atoms with van der Waals surface area (Å²) in [6.07, 6.45) is 9.01. The standard InChI is InChI=1S/C25H37ClN3O2/c1-6-19-16-24(20-9-7-10-21(26)15-20)28(13-8-14-29(3,4)25(30)31-5)17-23(19)18(2)27-22-11-12-22/h7,9-10,15-19,22,27H,6,8,11-14H2,1-5H3/q+1. The quantitative estimate of drug-likeness (QED) is 0.524. The van der Waals surface area contributed by atoms with E-state index in [0.717, 1.165) is 30.0 Å². The number of nitrogens with zero attached hydrogens (tertiary/aromatic N) is 2. The van der Waals surface area contributed by atoms with Crippen LogP contribution in [-0.4, -0.2) is 61.9 Å². The summed E-state index contributed by atoms with van der Waals surface area (Å²) in [5.41, 5.74) is 3.76. The Morgan fingerprint density at radius 2 is 2.10 bits per heavy atom. The number of quaternary nitrogens is 1. The summed E-state index contributed by atoms with van der Waals surface area (Å²) in [5, 5.41) is 4.51. The predicted molar refractivity (Wildman–Crippen MR) is 128 cm³/mol. The van der Waals surface area contributed by atoms with E-state index in [1.165, 1.54) is 31.2 Å². The average molecular weight is 447 g/mol. The first-order chi connectivity index (χ1) is 14.7. The van der Waals surface area contributed by atoms with Crippen LogP contribution in [0.4, 0.5) is 4.79 Å². The fourth-order valence-electron chi connectivity index (χ4n) is 4.28. The molecule has 1 heterocycles. The van der Waals surface area contributed by atoms with E-state index in [9.17, 15) is 4.79 Å². The van der Waals surface area contributed by atoms with Crippen LogP contribution in [0.15, 0.2) is 42.1 Å². The van der Waals surface area contributed by atoms with Gasteiger partial charge in [0, 0.05) is 47.9 Å². The second-order valence-electron chi connectivity index (χ2n) is 9.29. The van der Waals surface area contributed by atoms with Crippen LogP contribution in [0.5, 0.6) is 0 Å². The summed E-state index contributed by atoms with van der Waals surface area (Å²) in [4.78, 5) is 14.4. The lowest BCUT2D eigenvalue weighted by Gasteiger charge is -2.35. The minimum absolute atomic E-state index is 0.214. The zero-order valence-electron chi connectivity index (χ0n) is 19.5. The normalized spacial score (nSPS) is 20.2. The van der Waals surface area contributed by atoms with Crippen molar-refractivity contribution in [1.29, 1.82) is 0 Å². The molecule has 0 aromatic heterocycles. The van der Waals surface area contributed by atoms with Crippen molar-refractivity contribution in [2.75, 3.05) is 34.3 Å². The molecular formula is C25H37ClN3O2+. The minimum atomic E-state index is -0.214. The number of ether oxygens (including phenoxy) is 1. The number of rotatable bonds is 9. The number of carbonyl (C=O) groups excluding carboxylic acids is 1. The molecule has 170 valence electrons. The molecule has 1 aromatic carbocycles. The molecule has 1 aliphatic heterocycles. The molecule has 1 amide bonds. The molecular weight excluding hydrogens is 410 g/mol. The van der Waals surface area contributed by atoms with Gasteiger partial charge in [-0.25, -0.2) is 4.48 Å². The van der Waals surface area contributed by atoms with Crippen molar-refractivity contribution in [3.8, 4) is 0 Å². The fraction of sp³-hybridized carbons (Fsp3) is 0.560. The van der Waals surface area contributed by atoms with Gasteiger partial charge in [0.05, 0.1) is 27.7 Å². The van der Waals surface area contributed by atoms with Crippen molar-refractivity contribution in [2.45, 2.75) is 51.6 Å². The van der Waals surface area contributed by atoms with Crippen LogP contribution in [0, 0.1) is 5.92 Å². The van der Waals surface area contributed by atoms with E-state index in [2.05, 4.69) is 42.4 Å². The smallest absolute Gasteiger partial charge is 0.423 e. The number of carbonyl (C=O) groups is 1. The van der Waals surface area contributed by atoms with Crippen molar-refractivity contribution in [1.82, 2.24) is 10.2 Å². The van der Waals surface area contributed by atoms with Gasteiger partial charge in [0.2, 0.25) is 0 Å². The lowest BCUT2D eigenvalue weighted by molar-refractivity contribution is -0.817. The topological polar surface area (TPSA) is 41.6 Å². The van der Waals surface area contributed by atoms with E-state index in [1.807, 2.05) is 32.3 Å². The van der Waals surface area contributed by atoms with Gasteiger partial charge in [0.1, 0.15) is 0 Å². The molecule has 5 nitrogen and oxygen atoms in total. The molecule has 2 aliphatic rings. The minimum Gasteiger partial charge on any atom is -0.423 e. The second kappa shape index (κ2) is 10.2. The number of hydrogen-bond donors (Lipinski definition) is 1. The second-order valence-corrected chi connectivity index (χ2v) is 9.73. The van der Waals surface area contributed by atoms with Gasteiger partial charge in [-0.05, 0) is 49.5 Å². The number of hydrogen-bond acceptors (Lipinski definition) is 4. The maximum absolute atomic E-state index is 12.1. The van der Waals surface area contributed by atoms with Crippen LogP contribution in [0.3, 0.4) is 0 Å². The SMILES string of the molecule is CCC1C=C(c2cccc(Cl)c2)N(CCC[N+](C)(C)C(=O)OC)C=C1C(C)NC1CC1. The molecule has 1 aliphatic carbocycles. The van der Waals surface area contributed by atoms with Gasteiger partial charge in [0.25, 0.3) is 0 Å². The predicted octanol–water partition coefficient (Wildman–Crippen LogP) is 5.28. The third-order valence-electron chi connectivity index (χ3n) is 6.31. The van der Waals surface area contributed by atoms with Gasteiger partial charge in [-0.3, -0.25) is 0 Å². The molecule has 0 radical (unpaired) electrons. The van der Waals surface area contributed by atoms with Gasteiger partial charge in [-0.2, -0.15) is 4.79 Å².